The van der Waals surface area contributed by atoms with Gasteiger partial charge in [0.1, 0.15) is 17.1 Å². The van der Waals surface area contributed by atoms with Crippen molar-refractivity contribution in [3.8, 4) is 0 Å². The Hall–Kier alpha value is -1.12. The highest BCUT2D eigenvalue weighted by Crippen LogP contribution is 2.31. The summed E-state index contributed by atoms with van der Waals surface area (Å²) in [5, 5.41) is 11.6. The van der Waals surface area contributed by atoms with Crippen LogP contribution in [-0.4, -0.2) is 17.0 Å². The minimum atomic E-state index is -1.05. The number of carbonyl (C=O) groups excluding carboxylic acids is 1. The minimum absolute atomic E-state index is 0.105. The summed E-state index contributed by atoms with van der Waals surface area (Å²) >= 11 is 8.01. The fourth-order valence-electron chi connectivity index (χ4n) is 1.60. The van der Waals surface area contributed by atoms with E-state index < -0.39 is 5.97 Å². The van der Waals surface area contributed by atoms with Crippen molar-refractivity contribution >= 4 is 55.1 Å². The predicted octanol–water partition coefficient (Wildman–Crippen LogP) is 3.80. The summed E-state index contributed by atoms with van der Waals surface area (Å²) in [6.45, 7) is 1.70. The number of amides is 1. The van der Waals surface area contributed by atoms with Gasteiger partial charge in [-0.2, -0.15) is 0 Å². The van der Waals surface area contributed by atoms with Gasteiger partial charge < -0.3 is 14.8 Å². The van der Waals surface area contributed by atoms with Gasteiger partial charge in [-0.1, -0.05) is 0 Å². The average Bonchev–Trinajstić information content (AvgIpc) is 2.89. The third-order valence-electron chi connectivity index (χ3n) is 2.52. The van der Waals surface area contributed by atoms with E-state index in [1.54, 1.807) is 13.0 Å². The maximum atomic E-state index is 12.0. The summed E-state index contributed by atoms with van der Waals surface area (Å²) in [6.07, 6.45) is 0. The fourth-order valence-corrected chi connectivity index (χ4v) is 4.39. The molecule has 2 aromatic heterocycles. The van der Waals surface area contributed by atoms with Crippen molar-refractivity contribution < 1.29 is 19.1 Å². The van der Waals surface area contributed by atoms with Gasteiger partial charge in [0, 0.05) is 0 Å². The molecule has 2 rings (SSSR count). The second-order valence-corrected chi connectivity index (χ2v) is 7.66. The number of nitrogens with one attached hydrogen (secondary N) is 1. The molecule has 0 aromatic carbocycles. The number of halogens is 2. The van der Waals surface area contributed by atoms with Gasteiger partial charge in [-0.05, 0) is 50.9 Å². The molecule has 0 radical (unpaired) electrons. The van der Waals surface area contributed by atoms with E-state index in [0.717, 1.165) is 7.57 Å². The Morgan fingerprint density at radius 2 is 2.05 bits per heavy atom. The largest absolute Gasteiger partial charge is 0.478 e. The Morgan fingerprint density at radius 1 is 1.35 bits per heavy atom. The van der Waals surface area contributed by atoms with Crippen molar-refractivity contribution in [2.45, 2.75) is 13.5 Å². The minimum Gasteiger partial charge on any atom is -0.478 e. The van der Waals surface area contributed by atoms with E-state index in [0.29, 0.717) is 17.1 Å². The molecule has 0 saturated carbocycles. The molecule has 1 amide bonds. The normalized spacial score (nSPS) is 10.6. The molecule has 0 aliphatic heterocycles. The first-order valence-electron chi connectivity index (χ1n) is 5.44. The lowest BCUT2D eigenvalue weighted by Gasteiger charge is -2.01. The predicted molar refractivity (Wildman–Crippen MR) is 81.3 cm³/mol. The van der Waals surface area contributed by atoms with Crippen LogP contribution in [0.1, 0.15) is 32.2 Å². The van der Waals surface area contributed by atoms with E-state index in [4.69, 9.17) is 9.52 Å². The maximum absolute atomic E-state index is 12.0. The van der Waals surface area contributed by atoms with Crippen molar-refractivity contribution in [1.82, 2.24) is 5.32 Å². The van der Waals surface area contributed by atoms with E-state index in [1.165, 1.54) is 17.4 Å². The van der Waals surface area contributed by atoms with Crippen LogP contribution in [-0.2, 0) is 6.54 Å². The third-order valence-corrected chi connectivity index (χ3v) is 4.86. The lowest BCUT2D eigenvalue weighted by Crippen LogP contribution is -2.22. The van der Waals surface area contributed by atoms with Crippen molar-refractivity contribution in [1.29, 1.82) is 0 Å². The molecule has 0 bridgehead atoms. The maximum Gasteiger partial charge on any atom is 0.339 e. The Morgan fingerprint density at radius 3 is 2.55 bits per heavy atom. The van der Waals surface area contributed by atoms with Gasteiger partial charge in [0.05, 0.1) is 19.7 Å². The summed E-state index contributed by atoms with van der Waals surface area (Å²) < 4.78 is 6.85. The van der Waals surface area contributed by atoms with Crippen LogP contribution in [0.2, 0.25) is 0 Å². The summed E-state index contributed by atoms with van der Waals surface area (Å²) in [5.74, 6) is -0.585. The molecule has 106 valence electrons. The molecule has 2 N–H and O–H groups in total. The van der Waals surface area contributed by atoms with Crippen LogP contribution in [0.5, 0.6) is 0 Å². The van der Waals surface area contributed by atoms with Crippen molar-refractivity contribution in [2.24, 2.45) is 0 Å². The lowest BCUT2D eigenvalue weighted by atomic mass is 10.2. The molecule has 2 heterocycles. The molecule has 0 unspecified atom stereocenters. The van der Waals surface area contributed by atoms with Crippen molar-refractivity contribution in [2.75, 3.05) is 0 Å². The molecule has 0 atom stereocenters. The number of carboxylic acids is 1. The van der Waals surface area contributed by atoms with Crippen LogP contribution in [0.3, 0.4) is 0 Å². The zero-order valence-electron chi connectivity index (χ0n) is 10.2. The van der Waals surface area contributed by atoms with E-state index in [-0.39, 0.29) is 18.0 Å². The van der Waals surface area contributed by atoms with Gasteiger partial charge in [-0.15, -0.1) is 11.3 Å². The standard InChI is InChI=1S/C12H9Br2NO4S/c1-5-7(12(17)18)2-6(19-5)4-15-11(16)8-3-9(13)20-10(8)14/h2-3H,4H2,1H3,(H,15,16)(H,17,18). The van der Waals surface area contributed by atoms with Crippen LogP contribution in [0.25, 0.3) is 0 Å². The molecule has 8 heteroatoms. The highest BCUT2D eigenvalue weighted by Gasteiger charge is 2.16. The summed E-state index contributed by atoms with van der Waals surface area (Å²) in [7, 11) is 0. The van der Waals surface area contributed by atoms with Gasteiger partial charge in [0.15, 0.2) is 0 Å². The Labute approximate surface area is 135 Å². The second-order valence-electron chi connectivity index (χ2n) is 3.91. The number of carbonyl (C=O) groups is 2. The van der Waals surface area contributed by atoms with Crippen LogP contribution in [0, 0.1) is 6.92 Å². The molecule has 0 saturated heterocycles. The van der Waals surface area contributed by atoms with E-state index in [9.17, 15) is 9.59 Å². The monoisotopic (exact) mass is 421 g/mol. The fraction of sp³-hybridized carbons (Fsp3) is 0.167. The Balaban J connectivity index is 2.05. The van der Waals surface area contributed by atoms with Crippen molar-refractivity contribution in [3.63, 3.8) is 0 Å². The first kappa shape index (κ1) is 15.3. The van der Waals surface area contributed by atoms with Gasteiger partial charge in [-0.25, -0.2) is 4.79 Å². The molecule has 2 aromatic rings. The number of hydrogen-bond acceptors (Lipinski definition) is 4. The number of rotatable bonds is 4. The zero-order chi connectivity index (χ0) is 14.9. The number of thiophene rings is 1. The molecule has 5 nitrogen and oxygen atoms in total. The zero-order valence-corrected chi connectivity index (χ0v) is 14.2. The van der Waals surface area contributed by atoms with Gasteiger partial charge in [0.25, 0.3) is 5.91 Å². The number of carboxylic acid groups (broad SMARTS) is 1. The highest BCUT2D eigenvalue weighted by molar-refractivity contribution is 9.12. The van der Waals surface area contributed by atoms with Gasteiger partial charge in [0.2, 0.25) is 0 Å². The number of furan rings is 1. The van der Waals surface area contributed by atoms with Crippen LogP contribution < -0.4 is 5.32 Å². The van der Waals surface area contributed by atoms with Gasteiger partial charge in [-0.3, -0.25) is 4.79 Å². The number of aryl methyl sites for hydroxylation is 1. The Kier molecular flexibility index (Phi) is 4.66. The first-order valence-corrected chi connectivity index (χ1v) is 7.84. The lowest BCUT2D eigenvalue weighted by molar-refractivity contribution is 0.0694. The topological polar surface area (TPSA) is 79.5 Å². The molecule has 0 aliphatic carbocycles. The van der Waals surface area contributed by atoms with E-state index in [1.807, 2.05) is 0 Å². The van der Waals surface area contributed by atoms with E-state index in [2.05, 4.69) is 37.2 Å². The van der Waals surface area contributed by atoms with Crippen LogP contribution in [0.4, 0.5) is 0 Å². The summed E-state index contributed by atoms with van der Waals surface area (Å²) in [6, 6.07) is 3.12. The molecular weight excluding hydrogens is 414 g/mol. The molecule has 20 heavy (non-hydrogen) atoms. The smallest absolute Gasteiger partial charge is 0.339 e. The summed E-state index contributed by atoms with van der Waals surface area (Å²) in [4.78, 5) is 22.8. The van der Waals surface area contributed by atoms with Crippen LogP contribution in [0.15, 0.2) is 24.1 Å². The second kappa shape index (κ2) is 6.11. The quantitative estimate of drug-likeness (QED) is 0.785. The SMILES string of the molecule is Cc1oc(CNC(=O)c2cc(Br)sc2Br)cc1C(=O)O. The van der Waals surface area contributed by atoms with E-state index >= 15 is 0 Å². The number of hydrogen-bond donors (Lipinski definition) is 2. The Bertz CT molecular complexity index is 677. The van der Waals surface area contributed by atoms with Crippen molar-refractivity contribution in [3.05, 3.63) is 42.4 Å². The van der Waals surface area contributed by atoms with Gasteiger partial charge >= 0.3 is 5.97 Å². The molecular formula is C12H9Br2NO4S. The highest BCUT2D eigenvalue weighted by atomic mass is 79.9. The number of aromatic carboxylic acids is 1. The average molecular weight is 423 g/mol. The summed E-state index contributed by atoms with van der Waals surface area (Å²) in [5.41, 5.74) is 0.623. The molecule has 0 aliphatic rings. The molecule has 0 spiro atoms. The molecule has 0 fully saturated rings. The van der Waals surface area contributed by atoms with Crippen LogP contribution >= 0.6 is 43.2 Å². The third kappa shape index (κ3) is 3.31. The first-order chi connectivity index (χ1) is 9.38.